The zero-order chi connectivity index (χ0) is 47.7. The van der Waals surface area contributed by atoms with E-state index in [-0.39, 0.29) is 40.2 Å². The lowest BCUT2D eigenvalue weighted by Crippen LogP contribution is -2.44. The van der Waals surface area contributed by atoms with Crippen LogP contribution in [0.2, 0.25) is 0 Å². The molecule has 0 heterocycles. The highest BCUT2D eigenvalue weighted by atomic mass is 16.5. The lowest BCUT2D eigenvalue weighted by Gasteiger charge is -2.43. The maximum atomic E-state index is 10.9. The smallest absolute Gasteiger partial charge is 0.122 e. The summed E-state index contributed by atoms with van der Waals surface area (Å²) in [5, 5.41) is 21.8. The van der Waals surface area contributed by atoms with Crippen molar-refractivity contribution in [1.29, 1.82) is 0 Å². The molecule has 3 aromatic carbocycles. The number of hydrogen-bond acceptors (Lipinski definition) is 8. The van der Waals surface area contributed by atoms with Gasteiger partial charge in [-0.25, -0.2) is 0 Å². The second kappa shape index (κ2) is 25.2. The normalized spacial score (nSPS) is 15.1. The number of rotatable bonds is 32. The lowest BCUT2D eigenvalue weighted by atomic mass is 9.73. The highest BCUT2D eigenvalue weighted by Gasteiger charge is 2.40. The van der Waals surface area contributed by atoms with Crippen LogP contribution in [0, 0.1) is 11.3 Å². The first-order valence-corrected chi connectivity index (χ1v) is 24.3. The fraction of sp³-hybridized carbons (Fsp3) is 0.679. The largest absolute Gasteiger partial charge is 0.493 e. The summed E-state index contributed by atoms with van der Waals surface area (Å²) in [6.45, 7) is 32.7. The Hall–Kier alpha value is -2.98. The van der Waals surface area contributed by atoms with Crippen LogP contribution in [0.25, 0.3) is 0 Å². The van der Waals surface area contributed by atoms with E-state index < -0.39 is 11.2 Å². The zero-order valence-corrected chi connectivity index (χ0v) is 42.6. The van der Waals surface area contributed by atoms with Crippen LogP contribution in [0.4, 0.5) is 0 Å². The van der Waals surface area contributed by atoms with Crippen LogP contribution in [-0.2, 0) is 18.9 Å². The van der Waals surface area contributed by atoms with Crippen LogP contribution in [-0.4, -0.2) is 84.0 Å². The molecule has 4 atom stereocenters. The molecule has 8 heteroatoms. The predicted octanol–water partition coefficient (Wildman–Crippen LogP) is 13.1. The Morgan fingerprint density at radius 1 is 0.484 bits per heavy atom. The minimum Gasteiger partial charge on any atom is -0.493 e. The molecule has 0 aliphatic carbocycles. The number of ether oxygens (including phenoxy) is 6. The van der Waals surface area contributed by atoms with Gasteiger partial charge in [0.25, 0.3) is 0 Å². The van der Waals surface area contributed by atoms with Gasteiger partial charge in [0.05, 0.1) is 60.5 Å². The van der Waals surface area contributed by atoms with Gasteiger partial charge in [-0.3, -0.25) is 0 Å². The molecule has 0 amide bonds. The molecule has 0 aromatic heterocycles. The van der Waals surface area contributed by atoms with Crippen LogP contribution < -0.4 is 9.47 Å². The topological polar surface area (TPSA) is 95.8 Å². The third-order valence-electron chi connectivity index (χ3n) is 13.7. The van der Waals surface area contributed by atoms with Gasteiger partial charge in [0.15, 0.2) is 0 Å². The van der Waals surface area contributed by atoms with E-state index in [0.717, 1.165) is 74.0 Å². The van der Waals surface area contributed by atoms with Crippen molar-refractivity contribution in [3.63, 3.8) is 0 Å². The molecule has 64 heavy (non-hydrogen) atoms. The molecule has 2 N–H and O–H groups in total. The fourth-order valence-electron chi connectivity index (χ4n) is 7.78. The van der Waals surface area contributed by atoms with Gasteiger partial charge in [0, 0.05) is 44.0 Å². The van der Waals surface area contributed by atoms with Crippen molar-refractivity contribution in [3.8, 4) is 11.5 Å². The molecule has 0 fully saturated rings. The van der Waals surface area contributed by atoms with Crippen LogP contribution in [0.3, 0.4) is 0 Å². The van der Waals surface area contributed by atoms with Crippen molar-refractivity contribution in [2.45, 2.75) is 194 Å². The number of unbranched alkanes of at least 4 members (excludes halogenated alkanes) is 2. The molecule has 3 rings (SSSR count). The quantitative estimate of drug-likeness (QED) is 0.0599. The van der Waals surface area contributed by atoms with Gasteiger partial charge in [-0.2, -0.15) is 0 Å². The molecule has 0 aliphatic rings. The first kappa shape index (κ1) is 55.3. The molecule has 0 aliphatic heterocycles. The van der Waals surface area contributed by atoms with Crippen molar-refractivity contribution in [1.82, 2.24) is 0 Å². The SMILES string of the molecule is CC(CCCCOC(C)(C)CCOc1cccc(OCCC(C)(C)OCCCCC(C)(C)C(C)(C)OCC(c2ccccc2)C(C)(C)O)c1)C(C)OCC(c1ccccc1)C(C)(C)O. The number of benzene rings is 3. The summed E-state index contributed by atoms with van der Waals surface area (Å²) >= 11 is 0. The molecule has 8 nitrogen and oxygen atoms in total. The van der Waals surface area contributed by atoms with E-state index >= 15 is 0 Å². The molecule has 362 valence electrons. The molecule has 0 saturated heterocycles. The van der Waals surface area contributed by atoms with Gasteiger partial charge < -0.3 is 38.6 Å². The van der Waals surface area contributed by atoms with E-state index in [9.17, 15) is 10.2 Å². The average molecular weight is 891 g/mol. The van der Waals surface area contributed by atoms with Crippen LogP contribution in [0.1, 0.15) is 171 Å². The molecule has 0 bridgehead atoms. The molecular formula is C56H90O8. The molecule has 0 radical (unpaired) electrons. The maximum Gasteiger partial charge on any atom is 0.122 e. The molecule has 3 aromatic rings. The summed E-state index contributed by atoms with van der Waals surface area (Å²) in [6, 6.07) is 28.2. The summed E-state index contributed by atoms with van der Waals surface area (Å²) in [4.78, 5) is 0. The Morgan fingerprint density at radius 3 is 1.41 bits per heavy atom. The van der Waals surface area contributed by atoms with Crippen molar-refractivity contribution in [2.75, 3.05) is 39.6 Å². The van der Waals surface area contributed by atoms with E-state index in [0.29, 0.717) is 45.6 Å². The molecule has 4 unspecified atom stereocenters. The summed E-state index contributed by atoms with van der Waals surface area (Å²) in [5.74, 6) is 1.79. The summed E-state index contributed by atoms with van der Waals surface area (Å²) in [5.41, 5.74) is -0.604. The molecule has 0 saturated carbocycles. The minimum absolute atomic E-state index is 0.0656. The van der Waals surface area contributed by atoms with Gasteiger partial charge in [-0.15, -0.1) is 0 Å². The summed E-state index contributed by atoms with van der Waals surface area (Å²) < 4.78 is 37.9. The van der Waals surface area contributed by atoms with Crippen molar-refractivity contribution >= 4 is 0 Å². The highest BCUT2D eigenvalue weighted by Crippen LogP contribution is 2.40. The Morgan fingerprint density at radius 2 is 0.938 bits per heavy atom. The van der Waals surface area contributed by atoms with Crippen LogP contribution >= 0.6 is 0 Å². The predicted molar refractivity (Wildman–Crippen MR) is 264 cm³/mol. The summed E-state index contributed by atoms with van der Waals surface area (Å²) in [7, 11) is 0. The third kappa shape index (κ3) is 19.9. The number of aliphatic hydroxyl groups is 2. The second-order valence-electron chi connectivity index (χ2n) is 21.8. The van der Waals surface area contributed by atoms with Gasteiger partial charge >= 0.3 is 0 Å². The van der Waals surface area contributed by atoms with E-state index in [4.69, 9.17) is 28.4 Å². The fourth-order valence-corrected chi connectivity index (χ4v) is 7.78. The van der Waals surface area contributed by atoms with E-state index in [1.54, 1.807) is 0 Å². The Bertz CT molecular complexity index is 1710. The number of hydrogen-bond donors (Lipinski definition) is 2. The lowest BCUT2D eigenvalue weighted by molar-refractivity contribution is -0.121. The zero-order valence-electron chi connectivity index (χ0n) is 42.6. The molecule has 0 spiro atoms. The first-order chi connectivity index (χ1) is 29.8. The van der Waals surface area contributed by atoms with Gasteiger partial charge in [0.1, 0.15) is 11.5 Å². The summed E-state index contributed by atoms with van der Waals surface area (Å²) in [6.07, 6.45) is 7.79. The first-order valence-electron chi connectivity index (χ1n) is 24.3. The van der Waals surface area contributed by atoms with Crippen LogP contribution in [0.5, 0.6) is 11.5 Å². The van der Waals surface area contributed by atoms with Crippen molar-refractivity contribution in [3.05, 3.63) is 96.1 Å². The van der Waals surface area contributed by atoms with Gasteiger partial charge in [-0.1, -0.05) is 100 Å². The van der Waals surface area contributed by atoms with Gasteiger partial charge in [0.2, 0.25) is 0 Å². The monoisotopic (exact) mass is 891 g/mol. The second-order valence-corrected chi connectivity index (χ2v) is 21.8. The van der Waals surface area contributed by atoms with E-state index in [1.807, 2.05) is 88.4 Å². The van der Waals surface area contributed by atoms with Crippen molar-refractivity contribution in [2.24, 2.45) is 11.3 Å². The maximum absolute atomic E-state index is 10.9. The van der Waals surface area contributed by atoms with Crippen LogP contribution in [0.15, 0.2) is 84.9 Å². The Balaban J connectivity index is 1.29. The standard InChI is InChI=1S/C56H90O8/c1-43(44(2)61-41-49(54(9,10)57)45-27-17-15-18-28-45)26-21-23-36-62-52(5,6)34-38-59-47-31-25-32-48(40-47)60-39-35-53(7,8)63-37-24-22-33-51(3,4)56(13,14)64-42-50(55(11,12)58)46-29-19-16-20-30-46/h15-20,25,27-32,40,43-44,49-50,57-58H,21-24,26,33-39,41-42H2,1-14H3. The Labute approximate surface area is 390 Å². The average Bonchev–Trinajstić information content (AvgIpc) is 3.20. The highest BCUT2D eigenvalue weighted by molar-refractivity contribution is 5.33. The minimum atomic E-state index is -0.892. The van der Waals surface area contributed by atoms with E-state index in [1.165, 1.54) is 0 Å². The van der Waals surface area contributed by atoms with Gasteiger partial charge in [-0.05, 0) is 136 Å². The van der Waals surface area contributed by atoms with E-state index in [2.05, 4.69) is 93.5 Å². The Kier molecular flexibility index (Phi) is 21.8. The van der Waals surface area contributed by atoms with Crippen molar-refractivity contribution < 1.29 is 38.6 Å². The third-order valence-corrected chi connectivity index (χ3v) is 13.7. The molecular weight excluding hydrogens is 801 g/mol.